The highest BCUT2D eigenvalue weighted by atomic mass is 15.3. The van der Waals surface area contributed by atoms with Crippen LogP contribution in [0.3, 0.4) is 0 Å². The average molecular weight is 292 g/mol. The lowest BCUT2D eigenvalue weighted by Crippen LogP contribution is -2.38. The Balaban J connectivity index is 1.97. The lowest BCUT2D eigenvalue weighted by Gasteiger charge is -2.05. The molecule has 0 aliphatic rings. The molecule has 0 unspecified atom stereocenters. The van der Waals surface area contributed by atoms with E-state index in [0.29, 0.717) is 5.84 Å². The van der Waals surface area contributed by atoms with Crippen LogP contribution >= 0.6 is 0 Å². The van der Waals surface area contributed by atoms with Crippen molar-refractivity contribution >= 4 is 16.6 Å². The molecule has 3 aromatic rings. The van der Waals surface area contributed by atoms with Gasteiger partial charge in [-0.25, -0.2) is 10.4 Å². The Kier molecular flexibility index (Phi) is 3.98. The van der Waals surface area contributed by atoms with Crippen LogP contribution in [-0.4, -0.2) is 5.84 Å². The molecule has 1 aromatic heterocycles. The van der Waals surface area contributed by atoms with Crippen LogP contribution in [-0.2, 0) is 6.54 Å². The first-order valence-corrected chi connectivity index (χ1v) is 7.02. The van der Waals surface area contributed by atoms with Gasteiger partial charge in [0.05, 0.1) is 5.56 Å². The van der Waals surface area contributed by atoms with E-state index < -0.39 is 0 Å². The summed E-state index contributed by atoms with van der Waals surface area (Å²) >= 11 is 0. The maximum absolute atomic E-state index is 5.42. The molecule has 0 aliphatic carbocycles. The predicted octanol–water partition coefficient (Wildman–Crippen LogP) is 1.26. The number of fused-ring (bicyclic) bond motifs is 1. The number of hydrazone groups is 1. The highest BCUT2D eigenvalue weighted by Crippen LogP contribution is 2.18. The molecule has 5 N–H and O–H groups in total. The molecule has 2 aromatic carbocycles. The van der Waals surface area contributed by atoms with Crippen molar-refractivity contribution in [3.63, 3.8) is 0 Å². The number of amidine groups is 1. The van der Waals surface area contributed by atoms with Crippen LogP contribution in [0.4, 0.5) is 0 Å². The summed E-state index contributed by atoms with van der Waals surface area (Å²) < 4.78 is 2.08. The third-order valence-electron chi connectivity index (χ3n) is 3.63. The highest BCUT2D eigenvalue weighted by molar-refractivity contribution is 5.97. The first kappa shape index (κ1) is 14.0. The zero-order valence-electron chi connectivity index (χ0n) is 12.1. The van der Waals surface area contributed by atoms with Gasteiger partial charge < -0.3 is 11.3 Å². The molecule has 110 valence electrons. The Morgan fingerprint density at radius 1 is 1.05 bits per heavy atom. The van der Waals surface area contributed by atoms with Gasteiger partial charge in [0.1, 0.15) is 0 Å². The first-order chi connectivity index (χ1) is 10.8. The van der Waals surface area contributed by atoms with Crippen LogP contribution in [0, 0.1) is 0 Å². The van der Waals surface area contributed by atoms with Crippen LogP contribution < -0.4 is 21.7 Å². The van der Waals surface area contributed by atoms with E-state index in [4.69, 9.17) is 11.7 Å². The molecule has 1 heterocycles. The van der Waals surface area contributed by atoms with Gasteiger partial charge >= 0.3 is 0 Å². The van der Waals surface area contributed by atoms with Crippen molar-refractivity contribution in [2.75, 3.05) is 0 Å². The number of hydrazine groups is 1. The van der Waals surface area contributed by atoms with Crippen molar-refractivity contribution in [2.45, 2.75) is 6.54 Å². The topological polar surface area (TPSA) is 80.3 Å². The van der Waals surface area contributed by atoms with Crippen molar-refractivity contribution in [3.05, 3.63) is 78.1 Å². The lowest BCUT2D eigenvalue weighted by molar-refractivity contribution is -0.688. The summed E-state index contributed by atoms with van der Waals surface area (Å²) in [5.74, 6) is 11.2. The minimum Gasteiger partial charge on any atom is -0.321 e. The summed E-state index contributed by atoms with van der Waals surface area (Å²) in [5, 5.41) is 6.14. The number of pyridine rings is 1. The number of hydrogen-bond donors (Lipinski definition) is 3. The third-order valence-corrected chi connectivity index (χ3v) is 3.63. The number of nitrogens with one attached hydrogen (secondary N) is 1. The average Bonchev–Trinajstić information content (AvgIpc) is 2.57. The van der Waals surface area contributed by atoms with Crippen molar-refractivity contribution in [3.8, 4) is 0 Å². The fourth-order valence-corrected chi connectivity index (χ4v) is 2.58. The maximum Gasteiger partial charge on any atom is 0.180 e. The van der Waals surface area contributed by atoms with Gasteiger partial charge in [-0.2, -0.15) is 5.10 Å². The molecule has 0 atom stereocenters. The molecule has 0 amide bonds. The van der Waals surface area contributed by atoms with Crippen molar-refractivity contribution in [1.29, 1.82) is 0 Å². The molecule has 0 aliphatic heterocycles. The summed E-state index contributed by atoms with van der Waals surface area (Å²) in [6.07, 6.45) is 3.98. The number of benzene rings is 2. The minimum absolute atomic E-state index is 0.451. The summed E-state index contributed by atoms with van der Waals surface area (Å²) in [7, 11) is 0. The Morgan fingerprint density at radius 3 is 2.68 bits per heavy atom. The fraction of sp³-hybridized carbons (Fsp3) is 0.0588. The summed E-state index contributed by atoms with van der Waals surface area (Å²) in [5.41, 5.74) is 4.60. The van der Waals surface area contributed by atoms with Crippen molar-refractivity contribution in [1.82, 2.24) is 5.43 Å². The Bertz CT molecular complexity index is 821. The van der Waals surface area contributed by atoms with Crippen molar-refractivity contribution < 1.29 is 4.57 Å². The van der Waals surface area contributed by atoms with E-state index >= 15 is 0 Å². The molecule has 0 saturated heterocycles. The minimum atomic E-state index is 0.451. The molecule has 0 radical (unpaired) electrons. The Labute approximate surface area is 128 Å². The van der Waals surface area contributed by atoms with Crippen molar-refractivity contribution in [2.24, 2.45) is 16.8 Å². The normalized spacial score (nSPS) is 11.6. The van der Waals surface area contributed by atoms with E-state index in [9.17, 15) is 0 Å². The van der Waals surface area contributed by atoms with Gasteiger partial charge in [0.25, 0.3) is 0 Å². The second kappa shape index (κ2) is 6.24. The summed E-state index contributed by atoms with van der Waals surface area (Å²) in [6.45, 7) is 0.762. The van der Waals surface area contributed by atoms with E-state index in [1.54, 1.807) is 0 Å². The zero-order chi connectivity index (χ0) is 15.4. The number of nitrogens with zero attached hydrogens (tertiary/aromatic N) is 2. The number of nitrogens with two attached hydrogens (primary N) is 2. The SMILES string of the molecule is N/N=C(\NN)c1ccc[n+](Cc2cccc3ccccc23)c1. The molecule has 0 fully saturated rings. The monoisotopic (exact) mass is 292 g/mol. The van der Waals surface area contributed by atoms with E-state index in [0.717, 1.165) is 12.1 Å². The number of hydrogen-bond acceptors (Lipinski definition) is 3. The van der Waals surface area contributed by atoms with Gasteiger partial charge in [-0.05, 0) is 16.8 Å². The second-order valence-corrected chi connectivity index (χ2v) is 5.03. The molecule has 5 nitrogen and oxygen atoms in total. The van der Waals surface area contributed by atoms with Crippen LogP contribution in [0.2, 0.25) is 0 Å². The largest absolute Gasteiger partial charge is 0.321 e. The third kappa shape index (κ3) is 2.75. The molecule has 5 heteroatoms. The van der Waals surface area contributed by atoms with Gasteiger partial charge in [-0.15, -0.1) is 0 Å². The van der Waals surface area contributed by atoms with Gasteiger partial charge in [0.2, 0.25) is 0 Å². The number of rotatable bonds is 3. The maximum atomic E-state index is 5.42. The molecule has 0 saturated carbocycles. The van der Waals surface area contributed by atoms with Gasteiger partial charge in [-0.3, -0.25) is 0 Å². The molecule has 22 heavy (non-hydrogen) atoms. The highest BCUT2D eigenvalue weighted by Gasteiger charge is 2.10. The van der Waals surface area contributed by atoms with Crippen LogP contribution in [0.1, 0.15) is 11.1 Å². The van der Waals surface area contributed by atoms with Gasteiger partial charge in [0, 0.05) is 11.6 Å². The standard InChI is InChI=1S/C17H18N5/c18-20-17(21-19)15-8-4-10-22(12-15)11-14-7-3-6-13-5-1-2-9-16(13)14/h1-10,12H,11,18-19H2,(H,20,21)/q+1. The second-order valence-electron chi connectivity index (χ2n) is 5.03. The van der Waals surface area contributed by atoms with Crippen LogP contribution in [0.25, 0.3) is 10.8 Å². The molecule has 0 spiro atoms. The van der Waals surface area contributed by atoms with E-state index in [1.807, 2.05) is 24.5 Å². The molecule has 0 bridgehead atoms. The molecular formula is C17H18N5+. The fourth-order valence-electron chi connectivity index (χ4n) is 2.58. The van der Waals surface area contributed by atoms with E-state index in [1.165, 1.54) is 16.3 Å². The zero-order valence-corrected chi connectivity index (χ0v) is 12.1. The van der Waals surface area contributed by atoms with Gasteiger partial charge in [-0.1, -0.05) is 42.5 Å². The summed E-state index contributed by atoms with van der Waals surface area (Å²) in [6, 6.07) is 18.6. The summed E-state index contributed by atoms with van der Waals surface area (Å²) in [4.78, 5) is 0. The van der Waals surface area contributed by atoms with E-state index in [-0.39, 0.29) is 0 Å². The molecular weight excluding hydrogens is 274 g/mol. The predicted molar refractivity (Wildman–Crippen MR) is 87.7 cm³/mol. The van der Waals surface area contributed by atoms with Gasteiger partial charge in [0.15, 0.2) is 24.8 Å². The lowest BCUT2D eigenvalue weighted by atomic mass is 10.0. The smallest absolute Gasteiger partial charge is 0.180 e. The molecule has 3 rings (SSSR count). The number of aromatic nitrogens is 1. The van der Waals surface area contributed by atoms with E-state index in [2.05, 4.69) is 57.6 Å². The van der Waals surface area contributed by atoms with Crippen LogP contribution in [0.5, 0.6) is 0 Å². The Hall–Kier alpha value is -2.92. The first-order valence-electron chi connectivity index (χ1n) is 7.02. The Morgan fingerprint density at radius 2 is 1.86 bits per heavy atom. The quantitative estimate of drug-likeness (QED) is 0.223. The van der Waals surface area contributed by atoms with Crippen LogP contribution in [0.15, 0.2) is 72.1 Å².